The Morgan fingerprint density at radius 3 is 2.63 bits per heavy atom. The molecule has 2 saturated heterocycles. The monoisotopic (exact) mass is 408 g/mol. The molecule has 0 radical (unpaired) electrons. The third-order valence-corrected chi connectivity index (χ3v) is 7.34. The molecule has 146 valence electrons. The lowest BCUT2D eigenvalue weighted by Crippen LogP contribution is -2.46. The molecule has 2 aliphatic rings. The van der Waals surface area contributed by atoms with Crippen molar-refractivity contribution in [2.24, 2.45) is 0 Å². The van der Waals surface area contributed by atoms with Crippen LogP contribution in [0.4, 0.5) is 9.52 Å². The van der Waals surface area contributed by atoms with Crippen LogP contribution < -0.4 is 10.2 Å². The minimum atomic E-state index is -0.229. The van der Waals surface area contributed by atoms with Crippen molar-refractivity contribution in [1.82, 2.24) is 15.2 Å². The predicted octanol–water partition coefficient (Wildman–Crippen LogP) is 3.73. The highest BCUT2D eigenvalue weighted by atomic mass is 32.1. The summed E-state index contributed by atoms with van der Waals surface area (Å²) in [5.74, 6) is -0.143. The molecule has 0 atom stereocenters. The first-order chi connectivity index (χ1) is 13.2. The van der Waals surface area contributed by atoms with E-state index in [0.717, 1.165) is 34.4 Å². The van der Waals surface area contributed by atoms with Gasteiger partial charge >= 0.3 is 0 Å². The molecule has 2 aliphatic heterocycles. The van der Waals surface area contributed by atoms with Gasteiger partial charge in [0.05, 0.1) is 12.7 Å². The molecule has 4 heterocycles. The molecule has 1 N–H and O–H groups in total. The minimum Gasteiger partial charge on any atom is -0.348 e. The van der Waals surface area contributed by atoms with Crippen molar-refractivity contribution in [2.75, 3.05) is 31.1 Å². The average molecular weight is 409 g/mol. The fourth-order valence-electron chi connectivity index (χ4n) is 3.92. The number of anilines is 1. The number of rotatable bonds is 5. The van der Waals surface area contributed by atoms with Crippen LogP contribution in [-0.4, -0.2) is 48.0 Å². The van der Waals surface area contributed by atoms with Gasteiger partial charge < -0.3 is 15.1 Å². The number of piperidine rings is 2. The summed E-state index contributed by atoms with van der Waals surface area (Å²) in [6.07, 6.45) is 8.05. The zero-order valence-electron chi connectivity index (χ0n) is 15.3. The van der Waals surface area contributed by atoms with Crippen molar-refractivity contribution in [1.29, 1.82) is 0 Å². The van der Waals surface area contributed by atoms with Gasteiger partial charge in [0.2, 0.25) is 0 Å². The molecule has 2 aromatic rings. The number of thiophene rings is 1. The fourth-order valence-corrected chi connectivity index (χ4v) is 5.47. The first kappa shape index (κ1) is 18.8. The van der Waals surface area contributed by atoms with Crippen molar-refractivity contribution in [3.8, 4) is 0 Å². The quantitative estimate of drug-likeness (QED) is 0.819. The number of hydrogen-bond acceptors (Lipinski definition) is 6. The Labute approximate surface area is 167 Å². The Morgan fingerprint density at radius 1 is 1.15 bits per heavy atom. The second-order valence-electron chi connectivity index (χ2n) is 7.21. The minimum absolute atomic E-state index is 0.143. The average Bonchev–Trinajstić information content (AvgIpc) is 3.36. The molecule has 0 saturated carbocycles. The van der Waals surface area contributed by atoms with Crippen molar-refractivity contribution >= 4 is 33.7 Å². The van der Waals surface area contributed by atoms with E-state index in [4.69, 9.17) is 0 Å². The van der Waals surface area contributed by atoms with Crippen molar-refractivity contribution in [3.05, 3.63) is 33.2 Å². The molecule has 2 fully saturated rings. The molecule has 0 aliphatic carbocycles. The van der Waals surface area contributed by atoms with Gasteiger partial charge in [-0.15, -0.1) is 11.3 Å². The summed E-state index contributed by atoms with van der Waals surface area (Å²) in [5, 5.41) is 3.55. The highest BCUT2D eigenvalue weighted by molar-refractivity contribution is 7.17. The van der Waals surface area contributed by atoms with Crippen molar-refractivity contribution < 1.29 is 9.18 Å². The molecular weight excluding hydrogens is 383 g/mol. The van der Waals surface area contributed by atoms with Gasteiger partial charge in [-0.3, -0.25) is 4.79 Å². The molecule has 0 spiro atoms. The summed E-state index contributed by atoms with van der Waals surface area (Å²) < 4.78 is 13.0. The van der Waals surface area contributed by atoms with Crippen LogP contribution in [0.25, 0.3) is 0 Å². The van der Waals surface area contributed by atoms with E-state index in [-0.39, 0.29) is 11.0 Å². The van der Waals surface area contributed by atoms with Crippen LogP contribution in [0.3, 0.4) is 0 Å². The maximum Gasteiger partial charge on any atom is 0.263 e. The lowest BCUT2D eigenvalue weighted by atomic mass is 10.0. The van der Waals surface area contributed by atoms with Gasteiger partial charge in [0.25, 0.3) is 5.91 Å². The number of amides is 1. The van der Waals surface area contributed by atoms with Gasteiger partial charge in [-0.2, -0.15) is 4.39 Å². The lowest BCUT2D eigenvalue weighted by Gasteiger charge is -2.40. The number of likely N-dealkylation sites (tertiary alicyclic amines) is 1. The second-order valence-corrected chi connectivity index (χ2v) is 9.34. The third kappa shape index (κ3) is 4.67. The summed E-state index contributed by atoms with van der Waals surface area (Å²) >= 11 is 2.50. The summed E-state index contributed by atoms with van der Waals surface area (Å²) in [5.41, 5.74) is 0. The van der Waals surface area contributed by atoms with E-state index < -0.39 is 0 Å². The van der Waals surface area contributed by atoms with Gasteiger partial charge in [-0.1, -0.05) is 17.8 Å². The Balaban J connectivity index is 1.28. The fraction of sp³-hybridized carbons (Fsp3) is 0.579. The summed E-state index contributed by atoms with van der Waals surface area (Å²) in [4.78, 5) is 23.2. The number of hydrogen-bond donors (Lipinski definition) is 1. The lowest BCUT2D eigenvalue weighted by molar-refractivity contribution is 0.0955. The van der Waals surface area contributed by atoms with Crippen molar-refractivity contribution in [3.63, 3.8) is 0 Å². The van der Waals surface area contributed by atoms with Crippen LogP contribution in [0.1, 0.15) is 46.7 Å². The van der Waals surface area contributed by atoms with Crippen LogP contribution in [0.2, 0.25) is 0 Å². The maximum atomic E-state index is 13.0. The topological polar surface area (TPSA) is 48.5 Å². The Bertz CT molecular complexity index is 763. The van der Waals surface area contributed by atoms with Crippen LogP contribution in [0.15, 0.2) is 18.3 Å². The first-order valence-electron chi connectivity index (χ1n) is 9.66. The molecular formula is C19H25FN4OS2. The van der Waals surface area contributed by atoms with Gasteiger partial charge in [-0.25, -0.2) is 4.98 Å². The predicted molar refractivity (Wildman–Crippen MR) is 108 cm³/mol. The molecule has 0 bridgehead atoms. The standard InChI is InChI=1S/C19H25FN4OS2/c20-17-5-4-15(26-17)12-21-18(25)16-13-22-19(27-16)24-10-6-14(7-11-24)23-8-2-1-3-9-23/h4-5,13-14H,1-3,6-12H2,(H,21,25). The highest BCUT2D eigenvalue weighted by Gasteiger charge is 2.27. The van der Waals surface area contributed by atoms with E-state index in [0.29, 0.717) is 17.5 Å². The van der Waals surface area contributed by atoms with E-state index in [1.165, 1.54) is 62.6 Å². The Morgan fingerprint density at radius 2 is 1.93 bits per heavy atom. The van der Waals surface area contributed by atoms with Crippen LogP contribution >= 0.6 is 22.7 Å². The van der Waals surface area contributed by atoms with Crippen LogP contribution in [-0.2, 0) is 6.54 Å². The molecule has 0 aromatic carbocycles. The number of carbonyl (C=O) groups is 1. The Hall–Kier alpha value is -1.51. The Kier molecular flexibility index (Phi) is 6.04. The molecule has 8 heteroatoms. The first-order valence-corrected chi connectivity index (χ1v) is 11.3. The summed E-state index contributed by atoms with van der Waals surface area (Å²) in [6.45, 7) is 4.86. The smallest absolute Gasteiger partial charge is 0.263 e. The van der Waals surface area contributed by atoms with Crippen LogP contribution in [0.5, 0.6) is 0 Å². The second kappa shape index (κ2) is 8.67. The number of halogens is 1. The normalized spacial score (nSPS) is 19.4. The van der Waals surface area contributed by atoms with Crippen molar-refractivity contribution in [2.45, 2.75) is 44.7 Å². The van der Waals surface area contributed by atoms with E-state index in [9.17, 15) is 9.18 Å². The third-order valence-electron chi connectivity index (χ3n) is 5.41. The van der Waals surface area contributed by atoms with Gasteiger partial charge in [0.15, 0.2) is 10.3 Å². The number of thiazole rings is 1. The summed E-state index contributed by atoms with van der Waals surface area (Å²) in [6, 6.07) is 3.82. The molecule has 0 unspecified atom stereocenters. The maximum absolute atomic E-state index is 13.0. The molecule has 4 rings (SSSR count). The zero-order valence-corrected chi connectivity index (χ0v) is 17.0. The number of aromatic nitrogens is 1. The summed E-state index contributed by atoms with van der Waals surface area (Å²) in [7, 11) is 0. The van der Waals surface area contributed by atoms with Gasteiger partial charge in [0.1, 0.15) is 4.88 Å². The van der Waals surface area contributed by atoms with E-state index >= 15 is 0 Å². The van der Waals surface area contributed by atoms with E-state index in [1.54, 1.807) is 12.3 Å². The van der Waals surface area contributed by atoms with E-state index in [1.807, 2.05) is 0 Å². The van der Waals surface area contributed by atoms with Gasteiger partial charge in [-0.05, 0) is 50.9 Å². The zero-order chi connectivity index (χ0) is 18.6. The number of carbonyl (C=O) groups excluding carboxylic acids is 1. The highest BCUT2D eigenvalue weighted by Crippen LogP contribution is 2.28. The number of nitrogens with zero attached hydrogens (tertiary/aromatic N) is 3. The molecule has 5 nitrogen and oxygen atoms in total. The largest absolute Gasteiger partial charge is 0.348 e. The molecule has 27 heavy (non-hydrogen) atoms. The SMILES string of the molecule is O=C(NCc1ccc(F)s1)c1cnc(N2CCC(N3CCCCC3)CC2)s1. The molecule has 1 amide bonds. The van der Waals surface area contributed by atoms with Gasteiger partial charge in [0, 0.05) is 24.0 Å². The molecule has 2 aromatic heterocycles. The van der Waals surface area contributed by atoms with E-state index in [2.05, 4.69) is 20.1 Å². The van der Waals surface area contributed by atoms with Crippen LogP contribution in [0, 0.1) is 5.13 Å². The number of nitrogens with one attached hydrogen (secondary N) is 1.